The summed E-state index contributed by atoms with van der Waals surface area (Å²) in [6.07, 6.45) is -3.28. The monoisotopic (exact) mass is 545 g/mol. The molecule has 1 aliphatic rings. The van der Waals surface area contributed by atoms with E-state index in [9.17, 15) is 22.8 Å². The number of carboxylic acid groups (broad SMARTS) is 1. The average Bonchev–Trinajstić information content (AvgIpc) is 3.54. The molecule has 0 unspecified atom stereocenters. The highest BCUT2D eigenvalue weighted by molar-refractivity contribution is 5.92. The van der Waals surface area contributed by atoms with Crippen LogP contribution in [-0.2, 0) is 4.79 Å². The third-order valence-electron chi connectivity index (χ3n) is 6.31. The number of imidazole rings is 1. The molecule has 0 radical (unpaired) electrons. The van der Waals surface area contributed by atoms with Crippen molar-refractivity contribution in [2.24, 2.45) is 0 Å². The first-order chi connectivity index (χ1) is 18.6. The Morgan fingerprint density at radius 3 is 2.38 bits per heavy atom. The largest absolute Gasteiger partial charge is 0.490 e. The minimum Gasteiger partial charge on any atom is -0.475 e. The summed E-state index contributed by atoms with van der Waals surface area (Å²) in [6, 6.07) is 19.3. The number of nitrogens with one attached hydrogen (secondary N) is 2. The van der Waals surface area contributed by atoms with E-state index in [0.717, 1.165) is 49.1 Å². The van der Waals surface area contributed by atoms with E-state index < -0.39 is 12.1 Å². The first-order valence-electron chi connectivity index (χ1n) is 12.2. The summed E-state index contributed by atoms with van der Waals surface area (Å²) >= 11 is 0. The first kappa shape index (κ1) is 27.6. The standard InChI is InChI=1S/C24H25N5O3.C2HF3O2/c30-23(22-16-20(27-32-22)17-6-2-1-3-7-17)25-12-15-28-13-10-18(11-14-28)29-21-9-5-4-8-19(21)26-24(29)31;3-2(4,5)1(6)7/h1-9,16,18H,10-15H2,(H,25,30)(H,26,31);(H,6,7). The van der Waals surface area contributed by atoms with Crippen LogP contribution in [0.5, 0.6) is 0 Å². The summed E-state index contributed by atoms with van der Waals surface area (Å²) < 4.78 is 38.8. The lowest BCUT2D eigenvalue weighted by atomic mass is 10.0. The van der Waals surface area contributed by atoms with Crippen molar-refractivity contribution in [1.82, 2.24) is 24.9 Å². The lowest BCUT2D eigenvalue weighted by Gasteiger charge is -2.32. The van der Waals surface area contributed by atoms with Gasteiger partial charge in [0, 0.05) is 43.9 Å². The van der Waals surface area contributed by atoms with Gasteiger partial charge in [0.1, 0.15) is 5.69 Å². The first-order valence-corrected chi connectivity index (χ1v) is 12.2. The molecule has 10 nitrogen and oxygen atoms in total. The minimum absolute atomic E-state index is 0.0427. The van der Waals surface area contributed by atoms with Gasteiger partial charge in [-0.3, -0.25) is 9.36 Å². The second-order valence-electron chi connectivity index (χ2n) is 8.89. The number of piperidine rings is 1. The Morgan fingerprint density at radius 1 is 1.08 bits per heavy atom. The summed E-state index contributed by atoms with van der Waals surface area (Å²) in [5.41, 5.74) is 3.35. The highest BCUT2D eigenvalue weighted by Gasteiger charge is 2.38. The molecule has 0 spiro atoms. The molecule has 39 heavy (non-hydrogen) atoms. The molecular formula is C26H26F3N5O5. The highest BCUT2D eigenvalue weighted by Crippen LogP contribution is 2.24. The molecule has 2 aromatic heterocycles. The molecule has 13 heteroatoms. The van der Waals surface area contributed by atoms with Crippen LogP contribution in [0.15, 0.2) is 70.0 Å². The van der Waals surface area contributed by atoms with Crippen molar-refractivity contribution >= 4 is 22.9 Å². The van der Waals surface area contributed by atoms with Gasteiger partial charge in [-0.25, -0.2) is 9.59 Å². The highest BCUT2D eigenvalue weighted by atomic mass is 19.4. The number of carbonyl (C=O) groups is 2. The lowest BCUT2D eigenvalue weighted by Crippen LogP contribution is -2.41. The van der Waals surface area contributed by atoms with E-state index in [0.29, 0.717) is 12.2 Å². The summed E-state index contributed by atoms with van der Waals surface area (Å²) in [5.74, 6) is -2.81. The van der Waals surface area contributed by atoms with Gasteiger partial charge in [0.15, 0.2) is 0 Å². The fourth-order valence-electron chi connectivity index (χ4n) is 4.38. The Hall–Kier alpha value is -4.39. The number of aromatic amines is 1. The van der Waals surface area contributed by atoms with Crippen LogP contribution < -0.4 is 11.0 Å². The molecule has 0 atom stereocenters. The van der Waals surface area contributed by atoms with E-state index in [1.807, 2.05) is 59.2 Å². The molecule has 3 heterocycles. The van der Waals surface area contributed by atoms with Crippen molar-refractivity contribution in [3.05, 3.63) is 76.9 Å². The van der Waals surface area contributed by atoms with Gasteiger partial charge in [0.2, 0.25) is 5.76 Å². The molecule has 1 fully saturated rings. The molecule has 206 valence electrons. The van der Waals surface area contributed by atoms with Gasteiger partial charge in [0.25, 0.3) is 5.91 Å². The molecule has 5 rings (SSSR count). The van der Waals surface area contributed by atoms with Crippen LogP contribution in [0, 0.1) is 0 Å². The smallest absolute Gasteiger partial charge is 0.475 e. The third-order valence-corrected chi connectivity index (χ3v) is 6.31. The predicted molar refractivity (Wildman–Crippen MR) is 135 cm³/mol. The Labute approximate surface area is 220 Å². The maximum atomic E-state index is 12.4. The van der Waals surface area contributed by atoms with Crippen molar-refractivity contribution < 1.29 is 32.4 Å². The van der Waals surface area contributed by atoms with Gasteiger partial charge in [-0.05, 0) is 25.0 Å². The van der Waals surface area contributed by atoms with Crippen molar-refractivity contribution in [1.29, 1.82) is 0 Å². The molecule has 2 aromatic carbocycles. The second-order valence-corrected chi connectivity index (χ2v) is 8.89. The number of hydrogen-bond donors (Lipinski definition) is 3. The number of aliphatic carboxylic acids is 1. The molecule has 0 bridgehead atoms. The Morgan fingerprint density at radius 2 is 1.72 bits per heavy atom. The molecular weight excluding hydrogens is 519 g/mol. The zero-order valence-corrected chi connectivity index (χ0v) is 20.6. The maximum Gasteiger partial charge on any atom is 0.490 e. The molecule has 0 aliphatic carbocycles. The van der Waals surface area contributed by atoms with Crippen LogP contribution in [0.2, 0.25) is 0 Å². The Balaban J connectivity index is 0.000000448. The van der Waals surface area contributed by atoms with Crippen molar-refractivity contribution in [3.63, 3.8) is 0 Å². The number of likely N-dealkylation sites (tertiary alicyclic amines) is 1. The summed E-state index contributed by atoms with van der Waals surface area (Å²) in [5, 5.41) is 14.0. The maximum absolute atomic E-state index is 12.4. The molecule has 1 saturated heterocycles. The fraction of sp³-hybridized carbons (Fsp3) is 0.308. The molecule has 0 saturated carbocycles. The second kappa shape index (κ2) is 12.0. The number of benzene rings is 2. The van der Waals surface area contributed by atoms with Gasteiger partial charge in [0.05, 0.1) is 11.0 Å². The molecule has 1 amide bonds. The van der Waals surface area contributed by atoms with E-state index >= 15 is 0 Å². The molecule has 3 N–H and O–H groups in total. The number of nitrogens with zero attached hydrogens (tertiary/aromatic N) is 3. The number of aromatic nitrogens is 3. The number of carbonyl (C=O) groups excluding carboxylic acids is 1. The van der Waals surface area contributed by atoms with Gasteiger partial charge in [-0.15, -0.1) is 0 Å². The summed E-state index contributed by atoms with van der Waals surface area (Å²) in [6.45, 7) is 3.04. The number of alkyl halides is 3. The Bertz CT molecular complexity index is 1470. The number of H-pyrrole nitrogens is 1. The van der Waals surface area contributed by atoms with Gasteiger partial charge in [-0.2, -0.15) is 13.2 Å². The lowest BCUT2D eigenvalue weighted by molar-refractivity contribution is -0.192. The summed E-state index contributed by atoms with van der Waals surface area (Å²) in [4.78, 5) is 39.0. The van der Waals surface area contributed by atoms with Gasteiger partial charge >= 0.3 is 17.8 Å². The van der Waals surface area contributed by atoms with Crippen molar-refractivity contribution in [2.75, 3.05) is 26.2 Å². The third kappa shape index (κ3) is 6.93. The van der Waals surface area contributed by atoms with E-state index in [1.54, 1.807) is 6.07 Å². The van der Waals surface area contributed by atoms with Crippen LogP contribution in [0.25, 0.3) is 22.3 Å². The van der Waals surface area contributed by atoms with E-state index in [4.69, 9.17) is 14.4 Å². The number of fused-ring (bicyclic) bond motifs is 1. The van der Waals surface area contributed by atoms with Crippen LogP contribution in [0.4, 0.5) is 13.2 Å². The SMILES string of the molecule is O=C(NCCN1CCC(n2c(=O)[nH]c3ccccc32)CC1)c1cc(-c2ccccc2)no1.O=C(O)C(F)(F)F. The van der Waals surface area contributed by atoms with Gasteiger partial charge < -0.3 is 24.8 Å². The van der Waals surface area contributed by atoms with Crippen molar-refractivity contribution in [3.8, 4) is 11.3 Å². The zero-order valence-electron chi connectivity index (χ0n) is 20.6. The minimum atomic E-state index is -5.08. The Kier molecular flexibility index (Phi) is 8.49. The zero-order chi connectivity index (χ0) is 28.0. The van der Waals surface area contributed by atoms with Crippen LogP contribution >= 0.6 is 0 Å². The van der Waals surface area contributed by atoms with Crippen LogP contribution in [0.3, 0.4) is 0 Å². The van der Waals surface area contributed by atoms with Crippen molar-refractivity contribution in [2.45, 2.75) is 25.1 Å². The molecule has 4 aromatic rings. The summed E-state index contributed by atoms with van der Waals surface area (Å²) in [7, 11) is 0. The van der Waals surface area contributed by atoms with Crippen LogP contribution in [0.1, 0.15) is 29.4 Å². The number of hydrogen-bond acceptors (Lipinski definition) is 6. The number of halogens is 3. The fourth-order valence-corrected chi connectivity index (χ4v) is 4.38. The van der Waals surface area contributed by atoms with E-state index in [2.05, 4.69) is 20.4 Å². The average molecular weight is 546 g/mol. The van der Waals surface area contributed by atoms with E-state index in [-0.39, 0.29) is 23.4 Å². The van der Waals surface area contributed by atoms with Gasteiger partial charge in [-0.1, -0.05) is 47.6 Å². The quantitative estimate of drug-likeness (QED) is 0.337. The number of rotatable bonds is 6. The number of carboxylic acids is 1. The normalized spacial score (nSPS) is 14.5. The van der Waals surface area contributed by atoms with Crippen LogP contribution in [-0.4, -0.2) is 68.9 Å². The molecule has 1 aliphatic heterocycles. The number of amides is 1. The van der Waals surface area contributed by atoms with E-state index in [1.165, 1.54) is 0 Å². The predicted octanol–water partition coefficient (Wildman–Crippen LogP) is 3.68. The topological polar surface area (TPSA) is 133 Å². The number of para-hydroxylation sites is 2.